The zero-order valence-corrected chi connectivity index (χ0v) is 13.4. The van der Waals surface area contributed by atoms with E-state index in [1.807, 2.05) is 31.2 Å². The van der Waals surface area contributed by atoms with Gasteiger partial charge in [-0.3, -0.25) is 0 Å². The van der Waals surface area contributed by atoms with Gasteiger partial charge in [0.15, 0.2) is 0 Å². The normalized spacial score (nSPS) is 10.8. The third-order valence-electron chi connectivity index (χ3n) is 3.39. The lowest BCUT2D eigenvalue weighted by molar-refractivity contribution is 0.416. The Morgan fingerprint density at radius 2 is 1.90 bits per heavy atom. The fraction of sp³-hybridized carbons (Fsp3) is 0.412. The van der Waals surface area contributed by atoms with Crippen molar-refractivity contribution in [2.24, 2.45) is 0 Å². The molecular weight excluding hydrogens is 262 g/mol. The molecule has 0 fully saturated rings. The molecule has 2 rings (SSSR count). The molecule has 1 N–H and O–H groups in total. The Labute approximate surface area is 126 Å². The molecule has 0 radical (unpaired) electrons. The molecular formula is C17H23N3O. The Hall–Kier alpha value is -2.10. The second-order valence-corrected chi connectivity index (χ2v) is 5.29. The van der Waals surface area contributed by atoms with E-state index in [1.165, 1.54) is 0 Å². The number of nitrogens with one attached hydrogen (secondary N) is 1. The minimum absolute atomic E-state index is 0.275. The molecule has 2 aromatic rings. The summed E-state index contributed by atoms with van der Waals surface area (Å²) >= 11 is 0. The highest BCUT2D eigenvalue weighted by atomic mass is 16.5. The molecule has 1 heterocycles. The van der Waals surface area contributed by atoms with Gasteiger partial charge in [-0.1, -0.05) is 26.0 Å². The first-order valence-corrected chi connectivity index (χ1v) is 7.34. The first-order valence-electron chi connectivity index (χ1n) is 7.34. The Morgan fingerprint density at radius 1 is 1.19 bits per heavy atom. The summed E-state index contributed by atoms with van der Waals surface area (Å²) in [4.78, 5) is 9.40. The summed E-state index contributed by atoms with van der Waals surface area (Å²) in [5.41, 5.74) is 2.98. The van der Waals surface area contributed by atoms with Gasteiger partial charge in [-0.15, -0.1) is 0 Å². The van der Waals surface area contributed by atoms with Crippen LogP contribution in [-0.4, -0.2) is 23.6 Å². The van der Waals surface area contributed by atoms with Crippen LogP contribution in [0.2, 0.25) is 0 Å². The van der Waals surface area contributed by atoms with Crippen molar-refractivity contribution in [3.8, 4) is 17.0 Å². The van der Waals surface area contributed by atoms with Gasteiger partial charge in [-0.25, -0.2) is 9.97 Å². The first-order chi connectivity index (χ1) is 10.1. The molecule has 0 unspecified atom stereocenters. The quantitative estimate of drug-likeness (QED) is 0.901. The van der Waals surface area contributed by atoms with Crippen LogP contribution in [0, 0.1) is 6.92 Å². The molecule has 4 nitrogen and oxygen atoms in total. The standard InChI is InChI=1S/C17H23N3O/c1-6-18-17-12(4)15(19-16(20-17)11(2)3)13-9-7-8-10-14(13)21-5/h7-11H,6H2,1-5H3,(H,18,19,20). The van der Waals surface area contributed by atoms with E-state index in [1.54, 1.807) is 7.11 Å². The predicted molar refractivity (Wildman–Crippen MR) is 87.0 cm³/mol. The molecule has 0 aliphatic carbocycles. The lowest BCUT2D eigenvalue weighted by atomic mass is 10.0. The van der Waals surface area contributed by atoms with Crippen molar-refractivity contribution in [3.63, 3.8) is 0 Å². The van der Waals surface area contributed by atoms with Crippen LogP contribution < -0.4 is 10.1 Å². The summed E-state index contributed by atoms with van der Waals surface area (Å²) in [6.07, 6.45) is 0. The van der Waals surface area contributed by atoms with E-state index in [0.29, 0.717) is 0 Å². The summed E-state index contributed by atoms with van der Waals surface area (Å²) in [7, 11) is 1.68. The molecule has 21 heavy (non-hydrogen) atoms. The first kappa shape index (κ1) is 15.3. The number of benzene rings is 1. The molecule has 0 bridgehead atoms. The van der Waals surface area contributed by atoms with Crippen molar-refractivity contribution in [2.45, 2.75) is 33.6 Å². The molecule has 0 aliphatic rings. The second kappa shape index (κ2) is 6.57. The molecule has 0 saturated heterocycles. The number of anilines is 1. The Morgan fingerprint density at radius 3 is 2.52 bits per heavy atom. The van der Waals surface area contributed by atoms with Crippen molar-refractivity contribution in [1.29, 1.82) is 0 Å². The minimum atomic E-state index is 0.275. The fourth-order valence-corrected chi connectivity index (χ4v) is 2.23. The van der Waals surface area contributed by atoms with Crippen LogP contribution >= 0.6 is 0 Å². The van der Waals surface area contributed by atoms with Gasteiger partial charge in [-0.2, -0.15) is 0 Å². The Bertz CT molecular complexity index is 623. The second-order valence-electron chi connectivity index (χ2n) is 5.29. The van der Waals surface area contributed by atoms with Gasteiger partial charge >= 0.3 is 0 Å². The number of nitrogens with zero attached hydrogens (tertiary/aromatic N) is 2. The molecule has 1 aromatic heterocycles. The highest BCUT2D eigenvalue weighted by Crippen LogP contribution is 2.33. The van der Waals surface area contributed by atoms with Gasteiger partial charge in [0, 0.05) is 23.6 Å². The van der Waals surface area contributed by atoms with Gasteiger partial charge < -0.3 is 10.1 Å². The van der Waals surface area contributed by atoms with Crippen LogP contribution in [0.3, 0.4) is 0 Å². The third-order valence-corrected chi connectivity index (χ3v) is 3.39. The minimum Gasteiger partial charge on any atom is -0.496 e. The van der Waals surface area contributed by atoms with E-state index in [0.717, 1.165) is 40.8 Å². The maximum atomic E-state index is 5.47. The van der Waals surface area contributed by atoms with Crippen molar-refractivity contribution in [2.75, 3.05) is 19.0 Å². The lowest BCUT2D eigenvalue weighted by Crippen LogP contribution is -2.09. The van der Waals surface area contributed by atoms with E-state index in [-0.39, 0.29) is 5.92 Å². The number of para-hydroxylation sites is 1. The summed E-state index contributed by atoms with van der Waals surface area (Å²) in [6, 6.07) is 7.96. The fourth-order valence-electron chi connectivity index (χ4n) is 2.23. The number of hydrogen-bond acceptors (Lipinski definition) is 4. The van der Waals surface area contributed by atoms with Crippen LogP contribution in [0.15, 0.2) is 24.3 Å². The molecule has 1 aromatic carbocycles. The maximum Gasteiger partial charge on any atom is 0.133 e. The van der Waals surface area contributed by atoms with Crippen LogP contribution in [0.25, 0.3) is 11.3 Å². The van der Waals surface area contributed by atoms with Crippen molar-refractivity contribution in [3.05, 3.63) is 35.7 Å². The predicted octanol–water partition coefficient (Wildman–Crippen LogP) is 4.02. The smallest absolute Gasteiger partial charge is 0.133 e. The molecule has 0 aliphatic heterocycles. The summed E-state index contributed by atoms with van der Waals surface area (Å²) in [6.45, 7) is 9.16. The summed E-state index contributed by atoms with van der Waals surface area (Å²) in [5.74, 6) is 2.85. The molecule has 0 atom stereocenters. The molecule has 0 amide bonds. The Balaban J connectivity index is 2.66. The van der Waals surface area contributed by atoms with Gasteiger partial charge in [-0.05, 0) is 26.0 Å². The van der Waals surface area contributed by atoms with E-state index in [2.05, 4.69) is 31.1 Å². The molecule has 4 heteroatoms. The van der Waals surface area contributed by atoms with Crippen LogP contribution in [0.4, 0.5) is 5.82 Å². The van der Waals surface area contributed by atoms with Crippen LogP contribution in [-0.2, 0) is 0 Å². The number of rotatable bonds is 5. The highest BCUT2D eigenvalue weighted by Gasteiger charge is 2.16. The van der Waals surface area contributed by atoms with Crippen molar-refractivity contribution < 1.29 is 4.74 Å². The number of aromatic nitrogens is 2. The lowest BCUT2D eigenvalue weighted by Gasteiger charge is -2.16. The third kappa shape index (κ3) is 3.15. The van der Waals surface area contributed by atoms with Gasteiger partial charge in [0.1, 0.15) is 17.4 Å². The zero-order valence-electron chi connectivity index (χ0n) is 13.4. The zero-order chi connectivity index (χ0) is 15.4. The van der Waals surface area contributed by atoms with Crippen LogP contribution in [0.1, 0.15) is 38.1 Å². The maximum absolute atomic E-state index is 5.47. The van der Waals surface area contributed by atoms with Crippen molar-refractivity contribution >= 4 is 5.82 Å². The van der Waals surface area contributed by atoms with Gasteiger partial charge in [0.2, 0.25) is 0 Å². The SMILES string of the molecule is CCNc1nc(C(C)C)nc(-c2ccccc2OC)c1C. The van der Waals surface area contributed by atoms with E-state index >= 15 is 0 Å². The molecule has 112 valence electrons. The molecule has 0 spiro atoms. The van der Waals surface area contributed by atoms with E-state index in [9.17, 15) is 0 Å². The van der Waals surface area contributed by atoms with E-state index < -0.39 is 0 Å². The van der Waals surface area contributed by atoms with Crippen molar-refractivity contribution in [1.82, 2.24) is 9.97 Å². The largest absolute Gasteiger partial charge is 0.496 e. The topological polar surface area (TPSA) is 47.0 Å². The Kier molecular flexibility index (Phi) is 4.78. The molecule has 0 saturated carbocycles. The monoisotopic (exact) mass is 285 g/mol. The average Bonchev–Trinajstić information content (AvgIpc) is 2.49. The highest BCUT2D eigenvalue weighted by molar-refractivity contribution is 5.73. The van der Waals surface area contributed by atoms with Gasteiger partial charge in [0.25, 0.3) is 0 Å². The number of hydrogen-bond donors (Lipinski definition) is 1. The number of methoxy groups -OCH3 is 1. The van der Waals surface area contributed by atoms with Gasteiger partial charge in [0.05, 0.1) is 12.8 Å². The van der Waals surface area contributed by atoms with Crippen LogP contribution in [0.5, 0.6) is 5.75 Å². The summed E-state index contributed by atoms with van der Waals surface area (Å²) in [5, 5.41) is 3.33. The van der Waals surface area contributed by atoms with E-state index in [4.69, 9.17) is 9.72 Å². The summed E-state index contributed by atoms with van der Waals surface area (Å²) < 4.78 is 5.47. The number of ether oxygens (including phenoxy) is 1. The average molecular weight is 285 g/mol.